The SMILES string of the molecule is COc1ccc(NS(=O)(=O)c2ccc(/C=C/C(=O)Nc3ccc(SC)cc3)cc2)cc1. The fourth-order valence-electron chi connectivity index (χ4n) is 2.66. The summed E-state index contributed by atoms with van der Waals surface area (Å²) in [6, 6.07) is 20.4. The smallest absolute Gasteiger partial charge is 0.261 e. The highest BCUT2D eigenvalue weighted by atomic mass is 32.2. The molecule has 0 aliphatic rings. The molecule has 3 rings (SSSR count). The van der Waals surface area contributed by atoms with Crippen LogP contribution in [0, 0.1) is 0 Å². The number of ether oxygens (including phenoxy) is 1. The molecule has 31 heavy (non-hydrogen) atoms. The van der Waals surface area contributed by atoms with Crippen LogP contribution in [0.4, 0.5) is 11.4 Å². The van der Waals surface area contributed by atoms with Gasteiger partial charge in [0.05, 0.1) is 12.0 Å². The van der Waals surface area contributed by atoms with Crippen molar-refractivity contribution in [2.75, 3.05) is 23.4 Å². The van der Waals surface area contributed by atoms with Gasteiger partial charge in [0, 0.05) is 22.3 Å². The van der Waals surface area contributed by atoms with Crippen molar-refractivity contribution in [3.63, 3.8) is 0 Å². The molecule has 0 unspecified atom stereocenters. The number of nitrogens with one attached hydrogen (secondary N) is 2. The first kappa shape index (κ1) is 22.5. The Morgan fingerprint density at radius 1 is 0.903 bits per heavy atom. The van der Waals surface area contributed by atoms with Gasteiger partial charge in [-0.05, 0) is 78.6 Å². The van der Waals surface area contributed by atoms with Crippen molar-refractivity contribution in [2.45, 2.75) is 9.79 Å². The van der Waals surface area contributed by atoms with Crippen LogP contribution in [0.2, 0.25) is 0 Å². The van der Waals surface area contributed by atoms with Crippen LogP contribution in [0.1, 0.15) is 5.56 Å². The third-order valence-corrected chi connectivity index (χ3v) is 6.46. The zero-order valence-corrected chi connectivity index (χ0v) is 18.7. The molecule has 0 fully saturated rings. The summed E-state index contributed by atoms with van der Waals surface area (Å²) in [5, 5.41) is 2.78. The standard InChI is InChI=1S/C23H22N2O4S2/c1-29-20-10-6-19(7-11-20)25-31(27,28)22-14-3-17(4-15-22)5-16-23(26)24-18-8-12-21(30-2)13-9-18/h3-16,25H,1-2H3,(H,24,26)/b16-5+. The van der Waals surface area contributed by atoms with E-state index in [0.29, 0.717) is 22.7 Å². The minimum Gasteiger partial charge on any atom is -0.497 e. The summed E-state index contributed by atoms with van der Waals surface area (Å²) in [6.45, 7) is 0. The van der Waals surface area contributed by atoms with Gasteiger partial charge in [-0.15, -0.1) is 11.8 Å². The maximum atomic E-state index is 12.6. The number of hydrogen-bond acceptors (Lipinski definition) is 5. The Bertz CT molecular complexity index is 1160. The number of benzene rings is 3. The molecule has 8 heteroatoms. The molecule has 3 aromatic carbocycles. The molecule has 0 bridgehead atoms. The molecule has 0 aromatic heterocycles. The van der Waals surface area contributed by atoms with E-state index < -0.39 is 10.0 Å². The van der Waals surface area contributed by atoms with Crippen LogP contribution in [0.25, 0.3) is 6.08 Å². The Balaban J connectivity index is 1.62. The Hall–Kier alpha value is -3.23. The number of anilines is 2. The zero-order valence-electron chi connectivity index (χ0n) is 17.0. The van der Waals surface area contributed by atoms with E-state index >= 15 is 0 Å². The topological polar surface area (TPSA) is 84.5 Å². The molecular weight excluding hydrogens is 432 g/mol. The molecule has 0 atom stereocenters. The normalized spacial score (nSPS) is 11.3. The van der Waals surface area contributed by atoms with Crippen LogP contribution in [-0.2, 0) is 14.8 Å². The number of carbonyl (C=O) groups is 1. The lowest BCUT2D eigenvalue weighted by atomic mass is 10.2. The predicted molar refractivity (Wildman–Crippen MR) is 126 cm³/mol. The van der Waals surface area contributed by atoms with Crippen LogP contribution in [0.15, 0.2) is 88.7 Å². The second-order valence-electron chi connectivity index (χ2n) is 6.45. The number of thioether (sulfide) groups is 1. The second-order valence-corrected chi connectivity index (χ2v) is 9.02. The average molecular weight is 455 g/mol. The quantitative estimate of drug-likeness (QED) is 0.375. The summed E-state index contributed by atoms with van der Waals surface area (Å²) in [7, 11) is -2.18. The van der Waals surface area contributed by atoms with E-state index in [2.05, 4.69) is 10.0 Å². The van der Waals surface area contributed by atoms with Crippen molar-refractivity contribution in [1.29, 1.82) is 0 Å². The lowest BCUT2D eigenvalue weighted by Gasteiger charge is -2.09. The second kappa shape index (κ2) is 10.2. The van der Waals surface area contributed by atoms with Crippen molar-refractivity contribution in [1.82, 2.24) is 0 Å². The highest BCUT2D eigenvalue weighted by Gasteiger charge is 2.13. The van der Waals surface area contributed by atoms with Gasteiger partial charge in [-0.1, -0.05) is 12.1 Å². The first-order valence-electron chi connectivity index (χ1n) is 9.30. The third kappa shape index (κ3) is 6.37. The van der Waals surface area contributed by atoms with Crippen molar-refractivity contribution in [3.05, 3.63) is 84.4 Å². The van der Waals surface area contributed by atoms with Gasteiger partial charge in [0.2, 0.25) is 5.91 Å². The van der Waals surface area contributed by atoms with Crippen molar-refractivity contribution in [3.8, 4) is 5.75 Å². The Morgan fingerprint density at radius 2 is 1.52 bits per heavy atom. The maximum absolute atomic E-state index is 12.6. The number of sulfonamides is 1. The lowest BCUT2D eigenvalue weighted by molar-refractivity contribution is -0.111. The van der Waals surface area contributed by atoms with Crippen LogP contribution >= 0.6 is 11.8 Å². The van der Waals surface area contributed by atoms with Crippen LogP contribution < -0.4 is 14.8 Å². The third-order valence-electron chi connectivity index (χ3n) is 4.32. The molecule has 160 valence electrons. The number of carbonyl (C=O) groups excluding carboxylic acids is 1. The molecule has 6 nitrogen and oxygen atoms in total. The van der Waals surface area contributed by atoms with Crippen LogP contribution in [0.3, 0.4) is 0 Å². The van der Waals surface area contributed by atoms with E-state index in [9.17, 15) is 13.2 Å². The summed E-state index contributed by atoms with van der Waals surface area (Å²) in [6.07, 6.45) is 5.02. The summed E-state index contributed by atoms with van der Waals surface area (Å²) in [4.78, 5) is 13.3. The molecule has 0 heterocycles. The minimum absolute atomic E-state index is 0.124. The molecule has 0 saturated heterocycles. The van der Waals surface area contributed by atoms with Gasteiger partial charge in [0.25, 0.3) is 10.0 Å². The number of amides is 1. The van der Waals surface area contributed by atoms with E-state index in [1.165, 1.54) is 18.2 Å². The highest BCUT2D eigenvalue weighted by Crippen LogP contribution is 2.20. The van der Waals surface area contributed by atoms with Crippen LogP contribution in [-0.4, -0.2) is 27.7 Å². The predicted octanol–water partition coefficient (Wildman–Crippen LogP) is 4.87. The fraction of sp³-hybridized carbons (Fsp3) is 0.0870. The number of hydrogen-bond donors (Lipinski definition) is 2. The van der Waals surface area contributed by atoms with Gasteiger partial charge in [-0.2, -0.15) is 0 Å². The van der Waals surface area contributed by atoms with Gasteiger partial charge < -0.3 is 10.1 Å². The molecule has 0 aliphatic carbocycles. The molecule has 0 spiro atoms. The maximum Gasteiger partial charge on any atom is 0.261 e. The van der Waals surface area contributed by atoms with Crippen molar-refractivity contribution >= 4 is 45.1 Å². The molecular formula is C23H22N2O4S2. The molecule has 0 radical (unpaired) electrons. The largest absolute Gasteiger partial charge is 0.497 e. The first-order chi connectivity index (χ1) is 14.9. The molecule has 3 aromatic rings. The Morgan fingerprint density at radius 3 is 2.10 bits per heavy atom. The molecule has 0 saturated carbocycles. The zero-order chi connectivity index (χ0) is 22.3. The average Bonchev–Trinajstić information content (AvgIpc) is 2.79. The van der Waals surface area contributed by atoms with Gasteiger partial charge in [0.1, 0.15) is 5.75 Å². The van der Waals surface area contributed by atoms with Gasteiger partial charge in [-0.25, -0.2) is 8.42 Å². The Kier molecular flexibility index (Phi) is 7.38. The molecule has 1 amide bonds. The monoisotopic (exact) mass is 454 g/mol. The fourth-order valence-corrected chi connectivity index (χ4v) is 4.13. The number of rotatable bonds is 8. The summed E-state index contributed by atoms with van der Waals surface area (Å²) in [5.41, 5.74) is 1.85. The highest BCUT2D eigenvalue weighted by molar-refractivity contribution is 7.98. The lowest BCUT2D eigenvalue weighted by Crippen LogP contribution is -2.12. The van der Waals surface area contributed by atoms with E-state index in [1.807, 2.05) is 30.5 Å². The molecule has 2 N–H and O–H groups in total. The van der Waals surface area contributed by atoms with E-state index in [0.717, 1.165) is 4.90 Å². The van der Waals surface area contributed by atoms with E-state index in [1.54, 1.807) is 61.3 Å². The summed E-state index contributed by atoms with van der Waals surface area (Å²) in [5.74, 6) is 0.370. The van der Waals surface area contributed by atoms with Gasteiger partial charge in [-0.3, -0.25) is 9.52 Å². The van der Waals surface area contributed by atoms with E-state index in [-0.39, 0.29) is 10.8 Å². The number of methoxy groups -OCH3 is 1. The van der Waals surface area contributed by atoms with Crippen LogP contribution in [0.5, 0.6) is 5.75 Å². The van der Waals surface area contributed by atoms with Gasteiger partial charge in [0.15, 0.2) is 0 Å². The Labute approximate surface area is 186 Å². The summed E-state index contributed by atoms with van der Waals surface area (Å²) < 4.78 is 32.7. The first-order valence-corrected chi connectivity index (χ1v) is 12.0. The minimum atomic E-state index is -3.72. The van der Waals surface area contributed by atoms with E-state index in [4.69, 9.17) is 4.74 Å². The van der Waals surface area contributed by atoms with Crippen molar-refractivity contribution < 1.29 is 17.9 Å². The van der Waals surface area contributed by atoms with Gasteiger partial charge >= 0.3 is 0 Å². The van der Waals surface area contributed by atoms with Crippen molar-refractivity contribution in [2.24, 2.45) is 0 Å². The summed E-state index contributed by atoms with van der Waals surface area (Å²) >= 11 is 1.63. The molecule has 0 aliphatic heterocycles.